The van der Waals surface area contributed by atoms with E-state index in [0.717, 1.165) is 16.9 Å². The van der Waals surface area contributed by atoms with E-state index in [1.807, 2.05) is 36.4 Å². The number of amides is 2. The number of benzene rings is 2. The fourth-order valence-corrected chi connectivity index (χ4v) is 2.74. The standard InChI is InChI=1S/C20H23ClN2O3/c1-14(24)22-19(16-6-10-18(26-3)11-7-16)12-20(25)23(2)13-15-4-8-17(21)9-5-15/h4-11,19H,12-13H2,1-3H3,(H,22,24). The Bertz CT molecular complexity index is 745. The van der Waals surface area contributed by atoms with Crippen LogP contribution in [0.5, 0.6) is 5.75 Å². The van der Waals surface area contributed by atoms with Gasteiger partial charge in [-0.15, -0.1) is 0 Å². The number of carbonyl (C=O) groups is 2. The van der Waals surface area contributed by atoms with Crippen LogP contribution in [0.15, 0.2) is 48.5 Å². The molecule has 6 heteroatoms. The molecule has 26 heavy (non-hydrogen) atoms. The molecule has 0 aliphatic heterocycles. The van der Waals surface area contributed by atoms with Gasteiger partial charge in [0.2, 0.25) is 11.8 Å². The molecule has 1 atom stereocenters. The molecule has 0 aliphatic rings. The van der Waals surface area contributed by atoms with Crippen LogP contribution in [-0.2, 0) is 16.1 Å². The first kappa shape index (κ1) is 19.8. The summed E-state index contributed by atoms with van der Waals surface area (Å²) < 4.78 is 5.15. The number of halogens is 1. The first-order valence-corrected chi connectivity index (χ1v) is 8.66. The molecule has 1 unspecified atom stereocenters. The average Bonchev–Trinajstić information content (AvgIpc) is 2.62. The SMILES string of the molecule is COc1ccc(C(CC(=O)N(C)Cc2ccc(Cl)cc2)NC(C)=O)cc1. The fourth-order valence-electron chi connectivity index (χ4n) is 2.62. The lowest BCUT2D eigenvalue weighted by Gasteiger charge is -2.23. The van der Waals surface area contributed by atoms with Gasteiger partial charge in [0.1, 0.15) is 5.75 Å². The summed E-state index contributed by atoms with van der Waals surface area (Å²) in [6.45, 7) is 1.92. The van der Waals surface area contributed by atoms with Crippen molar-refractivity contribution in [2.75, 3.05) is 14.2 Å². The van der Waals surface area contributed by atoms with Gasteiger partial charge >= 0.3 is 0 Å². The summed E-state index contributed by atoms with van der Waals surface area (Å²) in [6.07, 6.45) is 0.177. The lowest BCUT2D eigenvalue weighted by atomic mass is 10.0. The van der Waals surface area contributed by atoms with Gasteiger partial charge in [-0.2, -0.15) is 0 Å². The number of rotatable bonds is 7. The Morgan fingerprint density at radius 3 is 2.27 bits per heavy atom. The molecule has 2 rings (SSSR count). The maximum atomic E-state index is 12.6. The molecule has 0 radical (unpaired) electrons. The van der Waals surface area contributed by atoms with E-state index < -0.39 is 6.04 Å². The summed E-state index contributed by atoms with van der Waals surface area (Å²) in [7, 11) is 3.34. The molecule has 0 saturated carbocycles. The second kappa shape index (κ2) is 9.25. The van der Waals surface area contributed by atoms with Crippen molar-refractivity contribution in [3.8, 4) is 5.75 Å². The highest BCUT2D eigenvalue weighted by Crippen LogP contribution is 2.21. The van der Waals surface area contributed by atoms with Crippen LogP contribution < -0.4 is 10.1 Å². The fraction of sp³-hybridized carbons (Fsp3) is 0.300. The van der Waals surface area contributed by atoms with Crippen LogP contribution in [0.3, 0.4) is 0 Å². The van der Waals surface area contributed by atoms with E-state index in [2.05, 4.69) is 5.32 Å². The van der Waals surface area contributed by atoms with Gasteiger partial charge in [-0.1, -0.05) is 35.9 Å². The van der Waals surface area contributed by atoms with Crippen molar-refractivity contribution < 1.29 is 14.3 Å². The minimum Gasteiger partial charge on any atom is -0.497 e. The molecule has 2 amide bonds. The van der Waals surface area contributed by atoms with Crippen LogP contribution in [0.1, 0.15) is 30.5 Å². The molecule has 138 valence electrons. The van der Waals surface area contributed by atoms with E-state index in [0.29, 0.717) is 11.6 Å². The monoisotopic (exact) mass is 374 g/mol. The molecule has 2 aromatic carbocycles. The highest BCUT2D eigenvalue weighted by Gasteiger charge is 2.20. The minimum absolute atomic E-state index is 0.0606. The highest BCUT2D eigenvalue weighted by atomic mass is 35.5. The zero-order valence-electron chi connectivity index (χ0n) is 15.2. The molecule has 5 nitrogen and oxygen atoms in total. The quantitative estimate of drug-likeness (QED) is 0.805. The number of hydrogen-bond donors (Lipinski definition) is 1. The predicted molar refractivity (Wildman–Crippen MR) is 102 cm³/mol. The van der Waals surface area contributed by atoms with Crippen molar-refractivity contribution >= 4 is 23.4 Å². The number of nitrogens with zero attached hydrogens (tertiary/aromatic N) is 1. The Balaban J connectivity index is 2.06. The number of methoxy groups -OCH3 is 1. The summed E-state index contributed by atoms with van der Waals surface area (Å²) in [4.78, 5) is 25.8. The molecule has 1 N–H and O–H groups in total. The third-order valence-corrected chi connectivity index (χ3v) is 4.29. The normalized spacial score (nSPS) is 11.5. The van der Waals surface area contributed by atoms with Crippen LogP contribution in [0.25, 0.3) is 0 Å². The summed E-state index contributed by atoms with van der Waals surface area (Å²) in [5.74, 6) is 0.481. The summed E-state index contributed by atoms with van der Waals surface area (Å²) >= 11 is 5.89. The number of hydrogen-bond acceptors (Lipinski definition) is 3. The summed E-state index contributed by atoms with van der Waals surface area (Å²) in [5.41, 5.74) is 1.85. The highest BCUT2D eigenvalue weighted by molar-refractivity contribution is 6.30. The van der Waals surface area contributed by atoms with Gasteiger partial charge in [-0.3, -0.25) is 9.59 Å². The molecular weight excluding hydrogens is 352 g/mol. The number of ether oxygens (including phenoxy) is 1. The summed E-state index contributed by atoms with van der Waals surface area (Å²) in [6, 6.07) is 14.3. The zero-order valence-corrected chi connectivity index (χ0v) is 15.9. The van der Waals surface area contributed by atoms with E-state index in [1.165, 1.54) is 6.92 Å². The van der Waals surface area contributed by atoms with E-state index in [9.17, 15) is 9.59 Å². The first-order chi connectivity index (χ1) is 12.4. The van der Waals surface area contributed by atoms with Gasteiger partial charge in [0.15, 0.2) is 0 Å². The van der Waals surface area contributed by atoms with Crippen molar-refractivity contribution in [1.29, 1.82) is 0 Å². The summed E-state index contributed by atoms with van der Waals surface area (Å²) in [5, 5.41) is 3.51. The second-order valence-electron chi connectivity index (χ2n) is 6.11. The molecule has 0 aliphatic carbocycles. The number of nitrogens with one attached hydrogen (secondary N) is 1. The first-order valence-electron chi connectivity index (χ1n) is 8.28. The smallest absolute Gasteiger partial charge is 0.225 e. The van der Waals surface area contributed by atoms with Crippen LogP contribution in [0.2, 0.25) is 5.02 Å². The third-order valence-electron chi connectivity index (χ3n) is 4.03. The lowest BCUT2D eigenvalue weighted by Crippen LogP contribution is -2.33. The van der Waals surface area contributed by atoms with Crippen molar-refractivity contribution in [1.82, 2.24) is 10.2 Å². The van der Waals surface area contributed by atoms with Gasteiger partial charge in [-0.05, 0) is 35.4 Å². The average molecular weight is 375 g/mol. The Labute approximate surface area is 158 Å². The molecule has 0 fully saturated rings. The van der Waals surface area contributed by atoms with Gasteiger partial charge < -0.3 is 15.0 Å². The van der Waals surface area contributed by atoms with Crippen molar-refractivity contribution in [2.24, 2.45) is 0 Å². The van der Waals surface area contributed by atoms with Gasteiger partial charge in [0.25, 0.3) is 0 Å². The molecule has 2 aromatic rings. The van der Waals surface area contributed by atoms with Crippen LogP contribution >= 0.6 is 11.6 Å². The predicted octanol–water partition coefficient (Wildman–Crippen LogP) is 3.57. The molecule has 0 heterocycles. The molecule has 0 bridgehead atoms. The Morgan fingerprint density at radius 1 is 1.12 bits per heavy atom. The largest absolute Gasteiger partial charge is 0.497 e. The van der Waals surface area contributed by atoms with E-state index in [1.54, 1.807) is 31.2 Å². The second-order valence-corrected chi connectivity index (χ2v) is 6.54. The van der Waals surface area contributed by atoms with E-state index in [4.69, 9.17) is 16.3 Å². The van der Waals surface area contributed by atoms with Crippen molar-refractivity contribution in [3.63, 3.8) is 0 Å². The lowest BCUT2D eigenvalue weighted by molar-refractivity contribution is -0.131. The maximum Gasteiger partial charge on any atom is 0.225 e. The van der Waals surface area contributed by atoms with Crippen molar-refractivity contribution in [3.05, 3.63) is 64.7 Å². The Morgan fingerprint density at radius 2 is 1.73 bits per heavy atom. The molecule has 0 aromatic heterocycles. The van der Waals surface area contributed by atoms with Gasteiger partial charge in [-0.25, -0.2) is 0 Å². The Kier molecular flexibility index (Phi) is 7.04. The third kappa shape index (κ3) is 5.77. The maximum absolute atomic E-state index is 12.6. The van der Waals surface area contributed by atoms with E-state index >= 15 is 0 Å². The molecular formula is C20H23ClN2O3. The number of carbonyl (C=O) groups excluding carboxylic acids is 2. The topological polar surface area (TPSA) is 58.6 Å². The zero-order chi connectivity index (χ0) is 19.1. The van der Waals surface area contributed by atoms with Crippen molar-refractivity contribution in [2.45, 2.75) is 25.9 Å². The Hall–Kier alpha value is -2.53. The van der Waals surface area contributed by atoms with Crippen LogP contribution in [0, 0.1) is 0 Å². The molecule has 0 saturated heterocycles. The van der Waals surface area contributed by atoms with Gasteiger partial charge in [0, 0.05) is 25.5 Å². The minimum atomic E-state index is -0.390. The molecule has 0 spiro atoms. The van der Waals surface area contributed by atoms with Gasteiger partial charge in [0.05, 0.1) is 19.6 Å². The van der Waals surface area contributed by atoms with Crippen LogP contribution in [0.4, 0.5) is 0 Å². The van der Waals surface area contributed by atoms with E-state index in [-0.39, 0.29) is 18.2 Å². The van der Waals surface area contributed by atoms with Crippen LogP contribution in [-0.4, -0.2) is 30.9 Å².